The maximum absolute atomic E-state index is 5.98. The van der Waals surface area contributed by atoms with Gasteiger partial charge in [0.15, 0.2) is 0 Å². The van der Waals surface area contributed by atoms with E-state index in [4.69, 9.17) is 11.6 Å². The lowest BCUT2D eigenvalue weighted by Gasteiger charge is -2.18. The molecule has 110 valence electrons. The summed E-state index contributed by atoms with van der Waals surface area (Å²) in [6.45, 7) is 1.10. The van der Waals surface area contributed by atoms with Gasteiger partial charge in [0.1, 0.15) is 0 Å². The molecule has 1 saturated carbocycles. The SMILES string of the molecule is Clc1ccc(CC(CNC2CC2)Cc2ccccc2)cc1. The monoisotopic (exact) mass is 299 g/mol. The van der Waals surface area contributed by atoms with E-state index < -0.39 is 0 Å². The molecule has 2 aromatic carbocycles. The Bertz CT molecular complexity index is 546. The summed E-state index contributed by atoms with van der Waals surface area (Å²) in [5.74, 6) is 0.633. The number of hydrogen-bond acceptors (Lipinski definition) is 1. The second-order valence-corrected chi connectivity index (χ2v) is 6.51. The topological polar surface area (TPSA) is 12.0 Å². The average molecular weight is 300 g/mol. The van der Waals surface area contributed by atoms with Crippen molar-refractivity contribution >= 4 is 11.6 Å². The van der Waals surface area contributed by atoms with Crippen molar-refractivity contribution in [1.82, 2.24) is 5.32 Å². The molecule has 2 aromatic rings. The summed E-state index contributed by atoms with van der Waals surface area (Å²) in [6.07, 6.45) is 4.92. The van der Waals surface area contributed by atoms with E-state index in [1.807, 2.05) is 12.1 Å². The van der Waals surface area contributed by atoms with Crippen LogP contribution in [0.25, 0.3) is 0 Å². The number of nitrogens with one attached hydrogen (secondary N) is 1. The molecular formula is C19H22ClN. The van der Waals surface area contributed by atoms with E-state index in [-0.39, 0.29) is 0 Å². The van der Waals surface area contributed by atoms with Crippen molar-refractivity contribution in [3.63, 3.8) is 0 Å². The van der Waals surface area contributed by atoms with Crippen molar-refractivity contribution in [2.24, 2.45) is 5.92 Å². The molecule has 1 aliphatic rings. The van der Waals surface area contributed by atoms with Crippen LogP contribution in [-0.4, -0.2) is 12.6 Å². The molecule has 3 rings (SSSR count). The number of rotatable bonds is 7. The van der Waals surface area contributed by atoms with Gasteiger partial charge in [0.05, 0.1) is 0 Å². The van der Waals surface area contributed by atoms with Crippen molar-refractivity contribution in [3.05, 3.63) is 70.7 Å². The number of halogens is 1. The quantitative estimate of drug-likeness (QED) is 0.794. The highest BCUT2D eigenvalue weighted by molar-refractivity contribution is 6.30. The van der Waals surface area contributed by atoms with E-state index in [1.54, 1.807) is 0 Å². The van der Waals surface area contributed by atoms with Gasteiger partial charge in [0, 0.05) is 11.1 Å². The van der Waals surface area contributed by atoms with E-state index in [9.17, 15) is 0 Å². The van der Waals surface area contributed by atoms with Crippen LogP contribution in [0.1, 0.15) is 24.0 Å². The van der Waals surface area contributed by atoms with Crippen LogP contribution in [0.3, 0.4) is 0 Å². The van der Waals surface area contributed by atoms with Crippen molar-refractivity contribution in [1.29, 1.82) is 0 Å². The Morgan fingerprint density at radius 2 is 1.52 bits per heavy atom. The molecule has 0 aliphatic heterocycles. The Labute approximate surface area is 132 Å². The highest BCUT2D eigenvalue weighted by Crippen LogP contribution is 2.21. The normalized spacial score (nSPS) is 15.9. The van der Waals surface area contributed by atoms with Gasteiger partial charge < -0.3 is 5.32 Å². The molecule has 0 amide bonds. The zero-order valence-corrected chi connectivity index (χ0v) is 13.0. The lowest BCUT2D eigenvalue weighted by Crippen LogP contribution is -2.27. The first-order valence-corrected chi connectivity index (χ1v) is 8.19. The minimum absolute atomic E-state index is 0.633. The molecule has 0 radical (unpaired) electrons. The van der Waals surface area contributed by atoms with Gasteiger partial charge in [0.25, 0.3) is 0 Å². The first-order valence-electron chi connectivity index (χ1n) is 7.81. The van der Waals surface area contributed by atoms with Gasteiger partial charge in [-0.2, -0.15) is 0 Å². The molecule has 0 bridgehead atoms. The van der Waals surface area contributed by atoms with Gasteiger partial charge >= 0.3 is 0 Å². The van der Waals surface area contributed by atoms with Crippen LogP contribution in [0, 0.1) is 5.92 Å². The highest BCUT2D eigenvalue weighted by atomic mass is 35.5. The zero-order chi connectivity index (χ0) is 14.5. The summed E-state index contributed by atoms with van der Waals surface area (Å²) in [6, 6.07) is 19.8. The molecule has 2 heteroatoms. The molecule has 1 N–H and O–H groups in total. The Morgan fingerprint density at radius 3 is 2.14 bits per heavy atom. The van der Waals surface area contributed by atoms with E-state index >= 15 is 0 Å². The molecule has 0 saturated heterocycles. The molecule has 1 fully saturated rings. The van der Waals surface area contributed by atoms with E-state index in [1.165, 1.54) is 24.0 Å². The van der Waals surface area contributed by atoms with E-state index in [2.05, 4.69) is 47.8 Å². The third-order valence-corrected chi connectivity index (χ3v) is 4.33. The van der Waals surface area contributed by atoms with Crippen LogP contribution in [0.5, 0.6) is 0 Å². The van der Waals surface area contributed by atoms with Gasteiger partial charge in [0.2, 0.25) is 0 Å². The largest absolute Gasteiger partial charge is 0.314 e. The van der Waals surface area contributed by atoms with Crippen LogP contribution < -0.4 is 5.32 Å². The van der Waals surface area contributed by atoms with Gasteiger partial charge in [-0.25, -0.2) is 0 Å². The van der Waals surface area contributed by atoms with E-state index in [0.717, 1.165) is 30.5 Å². The average Bonchev–Trinajstić information content (AvgIpc) is 3.32. The lowest BCUT2D eigenvalue weighted by molar-refractivity contribution is 0.469. The lowest BCUT2D eigenvalue weighted by atomic mass is 9.92. The van der Waals surface area contributed by atoms with Gasteiger partial charge in [-0.3, -0.25) is 0 Å². The highest BCUT2D eigenvalue weighted by Gasteiger charge is 2.22. The number of benzene rings is 2. The van der Waals surface area contributed by atoms with Crippen LogP contribution in [0.4, 0.5) is 0 Å². The maximum Gasteiger partial charge on any atom is 0.0406 e. The third-order valence-electron chi connectivity index (χ3n) is 4.08. The Kier molecular flexibility index (Phi) is 4.95. The Hall–Kier alpha value is -1.31. The second-order valence-electron chi connectivity index (χ2n) is 6.07. The van der Waals surface area contributed by atoms with Crippen molar-refractivity contribution in [3.8, 4) is 0 Å². The fourth-order valence-corrected chi connectivity index (χ4v) is 2.86. The smallest absolute Gasteiger partial charge is 0.0406 e. The van der Waals surface area contributed by atoms with Crippen molar-refractivity contribution in [2.45, 2.75) is 31.7 Å². The Morgan fingerprint density at radius 1 is 0.905 bits per heavy atom. The summed E-state index contributed by atoms with van der Waals surface area (Å²) in [5.41, 5.74) is 2.80. The van der Waals surface area contributed by atoms with E-state index in [0.29, 0.717) is 5.92 Å². The molecule has 21 heavy (non-hydrogen) atoms. The summed E-state index contributed by atoms with van der Waals surface area (Å²) < 4.78 is 0. The Balaban J connectivity index is 1.64. The molecule has 1 unspecified atom stereocenters. The van der Waals surface area contributed by atoms with Crippen LogP contribution in [-0.2, 0) is 12.8 Å². The minimum atomic E-state index is 0.633. The molecule has 1 nitrogen and oxygen atoms in total. The molecule has 0 spiro atoms. The summed E-state index contributed by atoms with van der Waals surface area (Å²) in [7, 11) is 0. The molecule has 0 aromatic heterocycles. The molecule has 0 heterocycles. The minimum Gasteiger partial charge on any atom is -0.314 e. The third kappa shape index (κ3) is 4.87. The fraction of sp³-hybridized carbons (Fsp3) is 0.368. The van der Waals surface area contributed by atoms with Gasteiger partial charge in [-0.05, 0) is 61.4 Å². The fourth-order valence-electron chi connectivity index (χ4n) is 2.74. The zero-order valence-electron chi connectivity index (χ0n) is 12.3. The number of hydrogen-bond donors (Lipinski definition) is 1. The first-order chi connectivity index (χ1) is 10.3. The molecule has 1 aliphatic carbocycles. The van der Waals surface area contributed by atoms with Gasteiger partial charge in [-0.15, -0.1) is 0 Å². The predicted octanol–water partition coefficient (Wildman–Crippen LogP) is 4.49. The van der Waals surface area contributed by atoms with Crippen LogP contribution in [0.2, 0.25) is 5.02 Å². The van der Waals surface area contributed by atoms with Crippen LogP contribution in [0.15, 0.2) is 54.6 Å². The van der Waals surface area contributed by atoms with Crippen molar-refractivity contribution in [2.75, 3.05) is 6.54 Å². The maximum atomic E-state index is 5.98. The van der Waals surface area contributed by atoms with Crippen LogP contribution >= 0.6 is 11.6 Å². The summed E-state index contributed by atoms with van der Waals surface area (Å²) in [5, 5.41) is 4.50. The summed E-state index contributed by atoms with van der Waals surface area (Å²) >= 11 is 5.98. The predicted molar refractivity (Wildman–Crippen MR) is 89.8 cm³/mol. The second kappa shape index (κ2) is 7.11. The van der Waals surface area contributed by atoms with Gasteiger partial charge in [-0.1, -0.05) is 54.1 Å². The molecular weight excluding hydrogens is 278 g/mol. The van der Waals surface area contributed by atoms with Crippen molar-refractivity contribution < 1.29 is 0 Å². The standard InChI is InChI=1S/C19H22ClN/c20-18-8-6-16(7-9-18)13-17(14-21-19-10-11-19)12-15-4-2-1-3-5-15/h1-9,17,19,21H,10-14H2. The molecule has 1 atom stereocenters. The summed E-state index contributed by atoms with van der Waals surface area (Å²) in [4.78, 5) is 0. The first kappa shape index (κ1) is 14.6.